The average Bonchev–Trinajstić information content (AvgIpc) is 2.78. The summed E-state index contributed by atoms with van der Waals surface area (Å²) < 4.78 is 5.69. The van der Waals surface area contributed by atoms with Gasteiger partial charge in [0.1, 0.15) is 11.6 Å². The number of ether oxygens (including phenoxy) is 1. The van der Waals surface area contributed by atoms with Crippen molar-refractivity contribution in [2.24, 2.45) is 4.99 Å². The SMILES string of the molecule is C=C(C=N/C=C(\C)N1CC2CC(C1)O2)CC(=O)C(C)(C)c1ccc(-c2cnc(C)nc2)cc1C. The smallest absolute Gasteiger partial charge is 0.147 e. The summed E-state index contributed by atoms with van der Waals surface area (Å²) in [7, 11) is 0. The van der Waals surface area contributed by atoms with Crippen molar-refractivity contribution in [3.63, 3.8) is 0 Å². The van der Waals surface area contributed by atoms with Crippen LogP contribution in [-0.2, 0) is 14.9 Å². The first-order valence-corrected chi connectivity index (χ1v) is 11.8. The molecule has 5 rings (SSSR count). The molecule has 3 aliphatic heterocycles. The predicted octanol–water partition coefficient (Wildman–Crippen LogP) is 4.96. The van der Waals surface area contributed by atoms with Crippen LogP contribution in [0.1, 0.15) is 50.6 Å². The molecule has 4 heterocycles. The van der Waals surface area contributed by atoms with Crippen molar-refractivity contribution in [1.82, 2.24) is 14.9 Å². The van der Waals surface area contributed by atoms with Crippen LogP contribution in [0.5, 0.6) is 0 Å². The molecule has 34 heavy (non-hydrogen) atoms. The Kier molecular flexibility index (Phi) is 6.80. The molecule has 1 aromatic heterocycles. The van der Waals surface area contributed by atoms with Gasteiger partial charge in [-0.2, -0.15) is 0 Å². The first-order valence-electron chi connectivity index (χ1n) is 11.8. The van der Waals surface area contributed by atoms with E-state index in [1.165, 1.54) is 6.42 Å². The van der Waals surface area contributed by atoms with Gasteiger partial charge in [-0.05, 0) is 56.9 Å². The number of piperidine rings is 1. The quantitative estimate of drug-likeness (QED) is 0.523. The second kappa shape index (κ2) is 9.63. The van der Waals surface area contributed by atoms with Crippen molar-refractivity contribution in [2.45, 2.75) is 65.1 Å². The van der Waals surface area contributed by atoms with E-state index in [4.69, 9.17) is 4.74 Å². The fourth-order valence-electron chi connectivity index (χ4n) is 4.68. The Morgan fingerprint density at radius 1 is 1.21 bits per heavy atom. The molecule has 2 aromatic rings. The Labute approximate surface area is 202 Å². The number of hydrogen-bond donors (Lipinski definition) is 0. The molecule has 6 heteroatoms. The minimum Gasteiger partial charge on any atom is -0.371 e. The zero-order chi connectivity index (χ0) is 24.5. The molecule has 0 amide bonds. The number of carbonyl (C=O) groups is 1. The van der Waals surface area contributed by atoms with Crippen molar-refractivity contribution in [3.05, 3.63) is 71.6 Å². The second-order valence-corrected chi connectivity index (χ2v) is 10.0. The molecule has 2 unspecified atom stereocenters. The van der Waals surface area contributed by atoms with Crippen molar-refractivity contribution < 1.29 is 9.53 Å². The van der Waals surface area contributed by atoms with Gasteiger partial charge in [0.15, 0.2) is 0 Å². The van der Waals surface area contributed by atoms with E-state index in [2.05, 4.69) is 39.4 Å². The van der Waals surface area contributed by atoms with Gasteiger partial charge in [0.2, 0.25) is 0 Å². The molecular formula is C28H34N4O2. The normalized spacial score (nSPS) is 20.4. The summed E-state index contributed by atoms with van der Waals surface area (Å²) in [5, 5.41) is 0. The molecule has 3 aliphatic rings. The summed E-state index contributed by atoms with van der Waals surface area (Å²) in [6.45, 7) is 15.9. The van der Waals surface area contributed by atoms with Gasteiger partial charge in [0.05, 0.1) is 12.2 Å². The van der Waals surface area contributed by atoms with E-state index < -0.39 is 5.41 Å². The number of carbonyl (C=O) groups excluding carboxylic acids is 1. The lowest BCUT2D eigenvalue weighted by Gasteiger charge is -2.48. The van der Waals surface area contributed by atoms with Crippen molar-refractivity contribution in [1.29, 1.82) is 0 Å². The van der Waals surface area contributed by atoms with Crippen LogP contribution in [0.15, 0.2) is 59.6 Å². The van der Waals surface area contributed by atoms with Gasteiger partial charge in [-0.25, -0.2) is 9.97 Å². The fraction of sp³-hybridized carbons (Fsp3) is 0.429. The number of ketones is 1. The number of morpholine rings is 1. The zero-order valence-electron chi connectivity index (χ0n) is 20.8. The molecule has 3 fully saturated rings. The summed E-state index contributed by atoms with van der Waals surface area (Å²) >= 11 is 0. The van der Waals surface area contributed by atoms with Crippen molar-refractivity contribution >= 4 is 12.0 Å². The van der Waals surface area contributed by atoms with Crippen LogP contribution >= 0.6 is 0 Å². The van der Waals surface area contributed by atoms with Crippen LogP contribution in [0.25, 0.3) is 11.1 Å². The maximum Gasteiger partial charge on any atom is 0.147 e. The molecule has 2 bridgehead atoms. The number of benzene rings is 1. The molecule has 178 valence electrons. The number of aromatic nitrogens is 2. The lowest BCUT2D eigenvalue weighted by Crippen LogP contribution is -2.56. The maximum absolute atomic E-state index is 13.2. The lowest BCUT2D eigenvalue weighted by molar-refractivity contribution is -0.174. The van der Waals surface area contributed by atoms with Gasteiger partial charge >= 0.3 is 0 Å². The number of hydrogen-bond acceptors (Lipinski definition) is 6. The highest BCUT2D eigenvalue weighted by Gasteiger charge is 2.38. The van der Waals surface area contributed by atoms with Crippen molar-refractivity contribution in [3.8, 4) is 11.1 Å². The Morgan fingerprint density at radius 3 is 2.47 bits per heavy atom. The Hall–Kier alpha value is -3.12. The number of fused-ring (bicyclic) bond motifs is 2. The van der Waals surface area contributed by atoms with E-state index in [0.717, 1.165) is 46.9 Å². The Balaban J connectivity index is 1.38. The standard InChI is InChI=1S/C28H34N4O2/c1-18(12-29-13-20(3)32-16-24-11-25(17-32)34-24)9-27(33)28(5,6)26-8-7-22(10-19(26)2)23-14-30-21(4)31-15-23/h7-8,10,12-15,24-25H,1,9,11,16-17H2,2-6H3/b20-13+,29-12?. The summed E-state index contributed by atoms with van der Waals surface area (Å²) in [4.78, 5) is 28.5. The molecule has 6 nitrogen and oxygen atoms in total. The van der Waals surface area contributed by atoms with Gasteiger partial charge < -0.3 is 9.64 Å². The van der Waals surface area contributed by atoms with Gasteiger partial charge in [0.25, 0.3) is 0 Å². The van der Waals surface area contributed by atoms with E-state index in [1.807, 2.05) is 58.4 Å². The molecule has 0 N–H and O–H groups in total. The van der Waals surface area contributed by atoms with E-state index in [0.29, 0.717) is 17.8 Å². The van der Waals surface area contributed by atoms with Crippen LogP contribution in [-0.4, -0.2) is 52.2 Å². The number of allylic oxidation sites excluding steroid dienone is 2. The van der Waals surface area contributed by atoms with E-state index >= 15 is 0 Å². The van der Waals surface area contributed by atoms with Crippen LogP contribution in [0.2, 0.25) is 0 Å². The molecule has 1 aromatic carbocycles. The van der Waals surface area contributed by atoms with Crippen molar-refractivity contribution in [2.75, 3.05) is 13.1 Å². The molecule has 0 aliphatic carbocycles. The topological polar surface area (TPSA) is 67.7 Å². The lowest BCUT2D eigenvalue weighted by atomic mass is 9.76. The minimum absolute atomic E-state index is 0.118. The van der Waals surface area contributed by atoms with Gasteiger partial charge in [-0.15, -0.1) is 0 Å². The molecule has 0 radical (unpaired) electrons. The third-order valence-electron chi connectivity index (χ3n) is 6.87. The maximum atomic E-state index is 13.2. The Bertz CT molecular complexity index is 1130. The molecular weight excluding hydrogens is 424 g/mol. The average molecular weight is 459 g/mol. The number of rotatable bonds is 8. The number of Topliss-reactive ketones (excluding diaryl/α,β-unsaturated/α-hetero) is 1. The summed E-state index contributed by atoms with van der Waals surface area (Å²) in [5.74, 6) is 0.864. The van der Waals surface area contributed by atoms with Gasteiger partial charge in [-0.1, -0.05) is 24.8 Å². The van der Waals surface area contributed by atoms with Crippen LogP contribution in [0, 0.1) is 13.8 Å². The first kappa shape index (κ1) is 24.0. The monoisotopic (exact) mass is 458 g/mol. The summed E-state index contributed by atoms with van der Waals surface area (Å²) in [5.41, 5.74) is 5.27. The second-order valence-electron chi connectivity index (χ2n) is 10.0. The Morgan fingerprint density at radius 2 is 1.85 bits per heavy atom. The molecule has 2 atom stereocenters. The highest BCUT2D eigenvalue weighted by Crippen LogP contribution is 2.32. The summed E-state index contributed by atoms with van der Waals surface area (Å²) in [6, 6.07) is 6.17. The third-order valence-corrected chi connectivity index (χ3v) is 6.87. The zero-order valence-corrected chi connectivity index (χ0v) is 20.8. The number of nitrogens with zero attached hydrogens (tertiary/aromatic N) is 4. The largest absolute Gasteiger partial charge is 0.371 e. The van der Waals surface area contributed by atoms with E-state index in [9.17, 15) is 4.79 Å². The van der Waals surface area contributed by atoms with E-state index in [-0.39, 0.29) is 12.2 Å². The van der Waals surface area contributed by atoms with Gasteiger partial charge in [0, 0.05) is 67.4 Å². The highest BCUT2D eigenvalue weighted by atomic mass is 16.5. The number of aliphatic imine (C=N–C) groups is 1. The first-order chi connectivity index (χ1) is 16.1. The molecule has 0 spiro atoms. The van der Waals surface area contributed by atoms with E-state index in [1.54, 1.807) is 6.21 Å². The van der Waals surface area contributed by atoms with Crippen LogP contribution in [0.4, 0.5) is 0 Å². The fourth-order valence-corrected chi connectivity index (χ4v) is 4.68. The number of aryl methyl sites for hydroxylation is 2. The third kappa shape index (κ3) is 5.17. The highest BCUT2D eigenvalue weighted by molar-refractivity contribution is 5.96. The summed E-state index contributed by atoms with van der Waals surface area (Å²) in [6.07, 6.45) is 9.37. The predicted molar refractivity (Wildman–Crippen MR) is 136 cm³/mol. The minimum atomic E-state index is -0.635. The van der Waals surface area contributed by atoms with Gasteiger partial charge in [-0.3, -0.25) is 9.79 Å². The van der Waals surface area contributed by atoms with Crippen LogP contribution < -0.4 is 0 Å². The van der Waals surface area contributed by atoms with Crippen LogP contribution in [0.3, 0.4) is 0 Å². The molecule has 3 saturated heterocycles. The molecule has 0 saturated carbocycles.